The number of carbonyl (C=O) groups excluding carboxylic acids is 3. The van der Waals surface area contributed by atoms with Gasteiger partial charge in [-0.05, 0) is 0 Å². The summed E-state index contributed by atoms with van der Waals surface area (Å²) in [5.41, 5.74) is 0.452. The number of amides is 2. The maximum atomic E-state index is 11.7. The van der Waals surface area contributed by atoms with Gasteiger partial charge in [0.05, 0.1) is 12.2 Å². The maximum absolute atomic E-state index is 11.7. The molecule has 0 spiro atoms. The predicted octanol–water partition coefficient (Wildman–Crippen LogP) is -0.834. The first-order valence-electron chi connectivity index (χ1n) is 5.08. The van der Waals surface area contributed by atoms with Crippen LogP contribution in [0, 0.1) is 0 Å². The zero-order valence-electron chi connectivity index (χ0n) is 8.91. The minimum atomic E-state index is -0.502. The monoisotopic (exact) mass is 224 g/mol. The van der Waals surface area contributed by atoms with Crippen molar-refractivity contribution in [2.75, 3.05) is 19.7 Å². The highest BCUT2D eigenvalue weighted by molar-refractivity contribution is 6.06. The van der Waals surface area contributed by atoms with Crippen LogP contribution >= 0.6 is 0 Å². The van der Waals surface area contributed by atoms with Gasteiger partial charge in [0.15, 0.2) is 0 Å². The summed E-state index contributed by atoms with van der Waals surface area (Å²) in [7, 11) is 0. The van der Waals surface area contributed by atoms with Crippen molar-refractivity contribution in [3.8, 4) is 0 Å². The fourth-order valence-corrected chi connectivity index (χ4v) is 1.86. The molecule has 2 aliphatic heterocycles. The van der Waals surface area contributed by atoms with E-state index < -0.39 is 5.97 Å². The van der Waals surface area contributed by atoms with E-state index in [9.17, 15) is 14.4 Å². The Morgan fingerprint density at radius 1 is 1.44 bits per heavy atom. The lowest BCUT2D eigenvalue weighted by molar-refractivity contribution is -0.136. The van der Waals surface area contributed by atoms with Crippen LogP contribution in [-0.2, 0) is 19.1 Å². The highest BCUT2D eigenvalue weighted by Gasteiger charge is 2.33. The number of hydrogen-bond acceptors (Lipinski definition) is 4. The number of rotatable bonds is 0. The summed E-state index contributed by atoms with van der Waals surface area (Å²) in [6.07, 6.45) is 0.380. The Bertz CT molecular complexity index is 400. The van der Waals surface area contributed by atoms with Gasteiger partial charge in [-0.25, -0.2) is 4.79 Å². The standard InChI is InChI=1S/C10H12N2O4/c1-6(13)12-4-3-11-9(14)8(12)7-2-5-16-10(7)15/h2-5H2,1H3,(H,11,14)/b8-7-. The van der Waals surface area contributed by atoms with Crippen molar-refractivity contribution >= 4 is 17.8 Å². The molecule has 0 bridgehead atoms. The molecule has 2 fully saturated rings. The van der Waals surface area contributed by atoms with Crippen LogP contribution in [0.3, 0.4) is 0 Å². The molecule has 0 unspecified atom stereocenters. The minimum absolute atomic E-state index is 0.154. The molecular weight excluding hydrogens is 212 g/mol. The predicted molar refractivity (Wildman–Crippen MR) is 53.0 cm³/mol. The lowest BCUT2D eigenvalue weighted by Crippen LogP contribution is -2.48. The van der Waals surface area contributed by atoms with Crippen LogP contribution < -0.4 is 5.32 Å². The third kappa shape index (κ3) is 1.66. The molecule has 2 saturated heterocycles. The normalized spacial score (nSPS) is 25.4. The second-order valence-electron chi connectivity index (χ2n) is 3.64. The van der Waals surface area contributed by atoms with E-state index in [1.54, 1.807) is 0 Å². The third-order valence-corrected chi connectivity index (χ3v) is 2.60. The molecule has 0 aromatic heterocycles. The van der Waals surface area contributed by atoms with Gasteiger partial charge in [-0.15, -0.1) is 0 Å². The molecule has 0 aromatic rings. The van der Waals surface area contributed by atoms with E-state index in [-0.39, 0.29) is 24.1 Å². The van der Waals surface area contributed by atoms with E-state index >= 15 is 0 Å². The maximum Gasteiger partial charge on any atom is 0.336 e. The molecule has 0 saturated carbocycles. The summed E-state index contributed by atoms with van der Waals surface area (Å²) in [4.78, 5) is 35.8. The highest BCUT2D eigenvalue weighted by Crippen LogP contribution is 2.22. The quantitative estimate of drug-likeness (QED) is 0.430. The zero-order valence-corrected chi connectivity index (χ0v) is 8.91. The van der Waals surface area contributed by atoms with Gasteiger partial charge in [-0.3, -0.25) is 9.59 Å². The Balaban J connectivity index is 2.43. The highest BCUT2D eigenvalue weighted by atomic mass is 16.5. The van der Waals surface area contributed by atoms with E-state index in [2.05, 4.69) is 5.32 Å². The van der Waals surface area contributed by atoms with Crippen LogP contribution in [0.5, 0.6) is 0 Å². The Labute approximate surface area is 92.2 Å². The van der Waals surface area contributed by atoms with Crippen LogP contribution in [-0.4, -0.2) is 42.4 Å². The number of nitrogens with zero attached hydrogens (tertiary/aromatic N) is 1. The first-order chi connectivity index (χ1) is 7.61. The van der Waals surface area contributed by atoms with Crippen LogP contribution in [0.15, 0.2) is 11.3 Å². The van der Waals surface area contributed by atoms with E-state index in [0.29, 0.717) is 25.1 Å². The van der Waals surface area contributed by atoms with Gasteiger partial charge in [0.1, 0.15) is 5.70 Å². The number of piperazine rings is 1. The molecule has 2 amide bonds. The van der Waals surface area contributed by atoms with Crippen LogP contribution in [0.25, 0.3) is 0 Å². The van der Waals surface area contributed by atoms with E-state index in [4.69, 9.17) is 4.74 Å². The number of hydrogen-bond donors (Lipinski definition) is 1. The smallest absolute Gasteiger partial charge is 0.336 e. The summed E-state index contributed by atoms with van der Waals surface area (Å²) < 4.78 is 4.78. The summed E-state index contributed by atoms with van der Waals surface area (Å²) in [5.74, 6) is -1.12. The summed E-state index contributed by atoms with van der Waals surface area (Å²) >= 11 is 0. The number of ether oxygens (including phenoxy) is 1. The average Bonchev–Trinajstić information content (AvgIpc) is 2.64. The molecule has 2 heterocycles. The van der Waals surface area contributed by atoms with Gasteiger partial charge >= 0.3 is 5.97 Å². The van der Waals surface area contributed by atoms with Gasteiger partial charge in [-0.2, -0.15) is 0 Å². The molecule has 0 aromatic carbocycles. The fraction of sp³-hybridized carbons (Fsp3) is 0.500. The summed E-state index contributed by atoms with van der Waals surface area (Å²) in [6, 6.07) is 0. The largest absolute Gasteiger partial charge is 0.462 e. The Morgan fingerprint density at radius 3 is 2.75 bits per heavy atom. The molecule has 2 rings (SSSR count). The van der Waals surface area contributed by atoms with Crippen molar-refractivity contribution in [1.82, 2.24) is 10.2 Å². The lowest BCUT2D eigenvalue weighted by Gasteiger charge is -2.29. The van der Waals surface area contributed by atoms with E-state index in [1.807, 2.05) is 0 Å². The van der Waals surface area contributed by atoms with Gasteiger partial charge in [0.2, 0.25) is 5.91 Å². The van der Waals surface area contributed by atoms with Crippen molar-refractivity contribution in [3.63, 3.8) is 0 Å². The summed E-state index contributed by atoms with van der Waals surface area (Å²) in [6.45, 7) is 2.45. The second kappa shape index (κ2) is 3.96. The van der Waals surface area contributed by atoms with Crippen LogP contribution in [0.2, 0.25) is 0 Å². The fourth-order valence-electron chi connectivity index (χ4n) is 1.86. The molecule has 86 valence electrons. The molecule has 0 atom stereocenters. The second-order valence-corrected chi connectivity index (χ2v) is 3.64. The van der Waals surface area contributed by atoms with Gasteiger partial charge in [0.25, 0.3) is 5.91 Å². The van der Waals surface area contributed by atoms with Crippen molar-refractivity contribution in [2.45, 2.75) is 13.3 Å². The SMILES string of the molecule is CC(=O)N1CCNC(=O)/C1=C1\CCOC1=O. The Morgan fingerprint density at radius 2 is 2.19 bits per heavy atom. The lowest BCUT2D eigenvalue weighted by atomic mass is 10.1. The van der Waals surface area contributed by atoms with Gasteiger partial charge < -0.3 is 15.0 Å². The zero-order chi connectivity index (χ0) is 11.7. The minimum Gasteiger partial charge on any atom is -0.462 e. The van der Waals surface area contributed by atoms with Crippen LogP contribution in [0.4, 0.5) is 0 Å². The van der Waals surface area contributed by atoms with Crippen molar-refractivity contribution in [3.05, 3.63) is 11.3 Å². The van der Waals surface area contributed by atoms with Crippen molar-refractivity contribution < 1.29 is 19.1 Å². The molecular formula is C10H12N2O4. The third-order valence-electron chi connectivity index (χ3n) is 2.60. The molecule has 1 N–H and O–H groups in total. The topological polar surface area (TPSA) is 75.7 Å². The first kappa shape index (κ1) is 10.7. The molecule has 2 aliphatic rings. The molecule has 16 heavy (non-hydrogen) atoms. The van der Waals surface area contributed by atoms with Crippen molar-refractivity contribution in [2.24, 2.45) is 0 Å². The number of carbonyl (C=O) groups is 3. The average molecular weight is 224 g/mol. The Kier molecular flexibility index (Phi) is 2.64. The van der Waals surface area contributed by atoms with Gasteiger partial charge in [-0.1, -0.05) is 0 Å². The molecule has 6 nitrogen and oxygen atoms in total. The van der Waals surface area contributed by atoms with Crippen LogP contribution in [0.1, 0.15) is 13.3 Å². The van der Waals surface area contributed by atoms with Gasteiger partial charge in [0, 0.05) is 26.4 Å². The summed E-state index contributed by atoms with van der Waals surface area (Å²) in [5, 5.41) is 2.62. The number of esters is 1. The van der Waals surface area contributed by atoms with Crippen molar-refractivity contribution in [1.29, 1.82) is 0 Å². The molecule has 0 aliphatic carbocycles. The molecule has 6 heteroatoms. The Hall–Kier alpha value is -1.85. The van der Waals surface area contributed by atoms with E-state index in [1.165, 1.54) is 11.8 Å². The number of cyclic esters (lactones) is 1. The first-order valence-corrected chi connectivity index (χ1v) is 5.08. The van der Waals surface area contributed by atoms with E-state index in [0.717, 1.165) is 0 Å². The number of nitrogens with one attached hydrogen (secondary N) is 1. The molecule has 0 radical (unpaired) electrons.